The fraction of sp³-hybridized carbons (Fsp3) is 0. The topological polar surface area (TPSA) is 95.7 Å². The molecule has 6 nitrogen and oxygen atoms in total. The van der Waals surface area contributed by atoms with Gasteiger partial charge in [0, 0.05) is 6.20 Å². The highest BCUT2D eigenvalue weighted by Gasteiger charge is 2.17. The Morgan fingerprint density at radius 2 is 2.10 bits per heavy atom. The molecule has 2 rings (SSSR count). The van der Waals surface area contributed by atoms with E-state index in [1.807, 2.05) is 0 Å². The molecule has 1 N–H and O–H groups in total. The average Bonchev–Trinajstić information content (AvgIpc) is 2.38. The van der Waals surface area contributed by atoms with Gasteiger partial charge in [-0.05, 0) is 35.9 Å². The van der Waals surface area contributed by atoms with Crippen molar-refractivity contribution >= 4 is 27.4 Å². The summed E-state index contributed by atoms with van der Waals surface area (Å²) in [6, 6.07) is 5.75. The largest absolute Gasteiger partial charge is 0.263 e. The van der Waals surface area contributed by atoms with Crippen LogP contribution in [0.3, 0.4) is 0 Å². The van der Waals surface area contributed by atoms with Crippen LogP contribution in [0.15, 0.2) is 35.4 Å². The molecule has 0 aliphatic rings. The first kappa shape index (κ1) is 14.2. The highest BCUT2D eigenvalue weighted by molar-refractivity contribution is 7.92. The second-order valence-corrected chi connectivity index (χ2v) is 5.59. The number of hydrogen-bond acceptors (Lipinski definition) is 5. The van der Waals surface area contributed by atoms with Gasteiger partial charge in [0.05, 0.1) is 10.5 Å². The summed E-state index contributed by atoms with van der Waals surface area (Å²) in [5, 5.41) is 8.57. The molecule has 0 saturated heterocycles. The quantitative estimate of drug-likeness (QED) is 0.874. The van der Waals surface area contributed by atoms with Crippen molar-refractivity contribution in [3.05, 3.63) is 47.1 Å². The van der Waals surface area contributed by atoms with Gasteiger partial charge >= 0.3 is 0 Å². The lowest BCUT2D eigenvalue weighted by atomic mass is 10.2. The van der Waals surface area contributed by atoms with Crippen LogP contribution in [0.2, 0.25) is 5.28 Å². The minimum atomic E-state index is -4.00. The van der Waals surface area contributed by atoms with Gasteiger partial charge in [0.25, 0.3) is 10.0 Å². The highest BCUT2D eigenvalue weighted by Crippen LogP contribution is 2.17. The Hall–Kier alpha value is -2.24. The van der Waals surface area contributed by atoms with Crippen molar-refractivity contribution in [1.82, 2.24) is 9.97 Å². The van der Waals surface area contributed by atoms with Gasteiger partial charge in [-0.3, -0.25) is 4.72 Å². The third-order valence-corrected chi connectivity index (χ3v) is 3.77. The lowest BCUT2D eigenvalue weighted by molar-refractivity contribution is 0.599. The molecule has 1 aromatic carbocycles. The van der Waals surface area contributed by atoms with Gasteiger partial charge in [-0.2, -0.15) is 10.2 Å². The number of nitriles is 1. The van der Waals surface area contributed by atoms with Crippen LogP contribution in [0.5, 0.6) is 0 Å². The molecule has 102 valence electrons. The van der Waals surface area contributed by atoms with Gasteiger partial charge in [0.15, 0.2) is 0 Å². The molecular weight excluding hydrogens is 307 g/mol. The number of nitrogens with zero attached hydrogens (tertiary/aromatic N) is 3. The molecule has 0 atom stereocenters. The second kappa shape index (κ2) is 5.40. The van der Waals surface area contributed by atoms with Crippen LogP contribution < -0.4 is 4.72 Å². The summed E-state index contributed by atoms with van der Waals surface area (Å²) in [6.45, 7) is 0. The van der Waals surface area contributed by atoms with Crippen molar-refractivity contribution in [1.29, 1.82) is 5.26 Å². The maximum absolute atomic E-state index is 13.2. The monoisotopic (exact) mass is 312 g/mol. The van der Waals surface area contributed by atoms with Gasteiger partial charge in [-0.25, -0.2) is 17.8 Å². The summed E-state index contributed by atoms with van der Waals surface area (Å²) in [7, 11) is -4.00. The average molecular weight is 313 g/mol. The number of rotatable bonds is 3. The molecule has 0 aliphatic heterocycles. The molecule has 0 amide bonds. The summed E-state index contributed by atoms with van der Waals surface area (Å²) in [5.41, 5.74) is -0.367. The number of hydrogen-bond donors (Lipinski definition) is 1. The third kappa shape index (κ3) is 3.01. The van der Waals surface area contributed by atoms with Crippen LogP contribution in [-0.4, -0.2) is 18.4 Å². The molecule has 2 aromatic rings. The molecule has 0 radical (unpaired) electrons. The normalized spacial score (nSPS) is 10.8. The zero-order chi connectivity index (χ0) is 14.8. The van der Waals surface area contributed by atoms with E-state index >= 15 is 0 Å². The summed E-state index contributed by atoms with van der Waals surface area (Å²) < 4.78 is 39.4. The molecule has 0 unspecified atom stereocenters. The number of anilines is 1. The van der Waals surface area contributed by atoms with E-state index in [-0.39, 0.29) is 21.6 Å². The Balaban J connectivity index is 2.39. The molecule has 0 fully saturated rings. The number of nitrogens with one attached hydrogen (secondary N) is 1. The number of benzene rings is 1. The Kier molecular flexibility index (Phi) is 3.83. The van der Waals surface area contributed by atoms with E-state index < -0.39 is 15.8 Å². The predicted octanol–water partition coefficient (Wildman–Crippen LogP) is 1.94. The van der Waals surface area contributed by atoms with Crippen LogP contribution in [0, 0.1) is 17.1 Å². The zero-order valence-corrected chi connectivity index (χ0v) is 11.3. The van der Waals surface area contributed by atoms with Crippen LogP contribution in [0.1, 0.15) is 5.56 Å². The Labute approximate surface area is 118 Å². The molecule has 1 aromatic heterocycles. The standard InChI is InChI=1S/C11H6ClFN4O2S/c12-11-15-4-3-10(16-11)17-20(18,19)8-1-2-9(13)7(5-8)6-14/h1-5H,(H,15,16,17). The second-order valence-electron chi connectivity index (χ2n) is 3.57. The van der Waals surface area contributed by atoms with Crippen LogP contribution in [0.25, 0.3) is 0 Å². The molecule has 1 heterocycles. The Bertz CT molecular complexity index is 804. The van der Waals surface area contributed by atoms with E-state index in [0.29, 0.717) is 0 Å². The Morgan fingerprint density at radius 1 is 1.35 bits per heavy atom. The fourth-order valence-corrected chi connectivity index (χ4v) is 2.52. The van der Waals surface area contributed by atoms with Crippen molar-refractivity contribution in [3.8, 4) is 6.07 Å². The molecule has 0 bridgehead atoms. The number of halogens is 2. The first-order chi connectivity index (χ1) is 9.42. The number of aromatic nitrogens is 2. The first-order valence-corrected chi connectivity index (χ1v) is 6.99. The zero-order valence-electron chi connectivity index (χ0n) is 9.71. The lowest BCUT2D eigenvalue weighted by Gasteiger charge is -2.07. The van der Waals surface area contributed by atoms with Crippen molar-refractivity contribution < 1.29 is 12.8 Å². The maximum atomic E-state index is 13.2. The van der Waals surface area contributed by atoms with Gasteiger partial charge in [-0.1, -0.05) is 0 Å². The number of sulfonamides is 1. The van der Waals surface area contributed by atoms with Crippen molar-refractivity contribution in [3.63, 3.8) is 0 Å². The molecule has 9 heteroatoms. The molecule has 20 heavy (non-hydrogen) atoms. The maximum Gasteiger partial charge on any atom is 0.263 e. The Morgan fingerprint density at radius 3 is 2.75 bits per heavy atom. The summed E-state index contributed by atoms with van der Waals surface area (Å²) >= 11 is 5.54. The van der Waals surface area contributed by atoms with E-state index in [0.717, 1.165) is 18.2 Å². The summed E-state index contributed by atoms with van der Waals surface area (Å²) in [4.78, 5) is 7.02. The molecule has 0 spiro atoms. The van der Waals surface area contributed by atoms with E-state index in [1.165, 1.54) is 12.3 Å². The SMILES string of the molecule is N#Cc1cc(S(=O)(=O)Nc2ccnc(Cl)n2)ccc1F. The predicted molar refractivity (Wildman–Crippen MR) is 69.0 cm³/mol. The lowest BCUT2D eigenvalue weighted by Crippen LogP contribution is -2.14. The first-order valence-electron chi connectivity index (χ1n) is 5.13. The van der Waals surface area contributed by atoms with Crippen LogP contribution in [-0.2, 0) is 10.0 Å². The minimum Gasteiger partial charge on any atom is -0.263 e. The molecule has 0 aliphatic carbocycles. The van der Waals surface area contributed by atoms with Crippen molar-refractivity contribution in [2.24, 2.45) is 0 Å². The highest BCUT2D eigenvalue weighted by atomic mass is 35.5. The van der Waals surface area contributed by atoms with Gasteiger partial charge in [-0.15, -0.1) is 0 Å². The third-order valence-electron chi connectivity index (χ3n) is 2.23. The summed E-state index contributed by atoms with van der Waals surface area (Å²) in [6.07, 6.45) is 1.28. The van der Waals surface area contributed by atoms with Crippen LogP contribution in [0.4, 0.5) is 10.2 Å². The van der Waals surface area contributed by atoms with Crippen molar-refractivity contribution in [2.75, 3.05) is 4.72 Å². The van der Waals surface area contributed by atoms with Gasteiger partial charge in [0.1, 0.15) is 17.7 Å². The smallest absolute Gasteiger partial charge is 0.263 e. The van der Waals surface area contributed by atoms with Crippen molar-refractivity contribution in [2.45, 2.75) is 4.90 Å². The van der Waals surface area contributed by atoms with Gasteiger partial charge in [0.2, 0.25) is 5.28 Å². The summed E-state index contributed by atoms with van der Waals surface area (Å²) in [5.74, 6) is -0.829. The van der Waals surface area contributed by atoms with E-state index in [9.17, 15) is 12.8 Å². The van der Waals surface area contributed by atoms with Gasteiger partial charge < -0.3 is 0 Å². The fourth-order valence-electron chi connectivity index (χ4n) is 1.35. The van der Waals surface area contributed by atoms with E-state index in [4.69, 9.17) is 16.9 Å². The minimum absolute atomic E-state index is 0.0344. The van der Waals surface area contributed by atoms with Crippen LogP contribution >= 0.6 is 11.6 Å². The van der Waals surface area contributed by atoms with E-state index in [2.05, 4.69) is 14.7 Å². The molecule has 0 saturated carbocycles. The molecular formula is C11H6ClFN4O2S. The van der Waals surface area contributed by atoms with E-state index in [1.54, 1.807) is 6.07 Å².